The monoisotopic (exact) mass is 192 g/mol. The SMILES string of the molecule is CSCC1N=NCc2ccccc21. The van der Waals surface area contributed by atoms with Crippen molar-refractivity contribution < 1.29 is 0 Å². The maximum absolute atomic E-state index is 4.26. The van der Waals surface area contributed by atoms with Crippen LogP contribution < -0.4 is 0 Å². The predicted molar refractivity (Wildman–Crippen MR) is 56.1 cm³/mol. The van der Waals surface area contributed by atoms with Crippen LogP contribution in [0.15, 0.2) is 34.5 Å². The van der Waals surface area contributed by atoms with E-state index >= 15 is 0 Å². The highest BCUT2D eigenvalue weighted by Crippen LogP contribution is 2.29. The number of nitrogens with zero attached hydrogens (tertiary/aromatic N) is 2. The Morgan fingerprint density at radius 1 is 1.46 bits per heavy atom. The molecule has 68 valence electrons. The fourth-order valence-corrected chi connectivity index (χ4v) is 2.12. The minimum absolute atomic E-state index is 0.278. The summed E-state index contributed by atoms with van der Waals surface area (Å²) in [5, 5.41) is 8.39. The molecular weight excluding hydrogens is 180 g/mol. The number of thioether (sulfide) groups is 1. The zero-order valence-electron chi connectivity index (χ0n) is 7.60. The van der Waals surface area contributed by atoms with Crippen molar-refractivity contribution >= 4 is 11.8 Å². The van der Waals surface area contributed by atoms with Crippen molar-refractivity contribution in [1.82, 2.24) is 0 Å². The lowest BCUT2D eigenvalue weighted by molar-refractivity contribution is 0.682. The minimum atomic E-state index is 0.278. The van der Waals surface area contributed by atoms with Crippen LogP contribution in [0.25, 0.3) is 0 Å². The van der Waals surface area contributed by atoms with E-state index in [0.717, 1.165) is 12.3 Å². The van der Waals surface area contributed by atoms with Gasteiger partial charge in [-0.25, -0.2) is 0 Å². The smallest absolute Gasteiger partial charge is 0.105 e. The van der Waals surface area contributed by atoms with Gasteiger partial charge in [-0.2, -0.15) is 22.0 Å². The Morgan fingerprint density at radius 3 is 3.15 bits per heavy atom. The standard InChI is InChI=1S/C10H12N2S/c1-13-7-10-9-5-3-2-4-8(9)6-11-12-10/h2-5,10H,6-7H2,1H3. The summed E-state index contributed by atoms with van der Waals surface area (Å²) in [6.45, 7) is 0.751. The Labute approximate surface area is 82.5 Å². The topological polar surface area (TPSA) is 24.7 Å². The molecule has 0 fully saturated rings. The maximum Gasteiger partial charge on any atom is 0.105 e. The molecule has 1 aromatic carbocycles. The zero-order chi connectivity index (χ0) is 9.10. The number of fused-ring (bicyclic) bond motifs is 1. The van der Waals surface area contributed by atoms with Gasteiger partial charge in [-0.15, -0.1) is 0 Å². The highest BCUT2D eigenvalue weighted by Gasteiger charge is 2.16. The molecule has 0 bridgehead atoms. The van der Waals surface area contributed by atoms with E-state index < -0.39 is 0 Å². The maximum atomic E-state index is 4.26. The van der Waals surface area contributed by atoms with Crippen LogP contribution in [0.4, 0.5) is 0 Å². The van der Waals surface area contributed by atoms with E-state index in [9.17, 15) is 0 Å². The molecule has 0 aliphatic carbocycles. The second kappa shape index (κ2) is 3.92. The molecule has 1 heterocycles. The highest BCUT2D eigenvalue weighted by atomic mass is 32.2. The molecule has 3 heteroatoms. The van der Waals surface area contributed by atoms with Crippen LogP contribution in [0.1, 0.15) is 17.2 Å². The van der Waals surface area contributed by atoms with Gasteiger partial charge in [0, 0.05) is 5.75 Å². The molecule has 2 nitrogen and oxygen atoms in total. The third-order valence-electron chi connectivity index (χ3n) is 2.20. The van der Waals surface area contributed by atoms with Gasteiger partial charge in [-0.05, 0) is 17.4 Å². The molecular formula is C10H12N2S. The van der Waals surface area contributed by atoms with Gasteiger partial charge < -0.3 is 0 Å². The van der Waals surface area contributed by atoms with Crippen molar-refractivity contribution in [3.63, 3.8) is 0 Å². The number of hydrogen-bond acceptors (Lipinski definition) is 3. The first-order valence-corrected chi connectivity index (χ1v) is 5.74. The molecule has 1 aromatic rings. The summed E-state index contributed by atoms with van der Waals surface area (Å²) in [5.41, 5.74) is 2.68. The number of hydrogen-bond donors (Lipinski definition) is 0. The molecule has 13 heavy (non-hydrogen) atoms. The second-order valence-electron chi connectivity index (χ2n) is 3.08. The lowest BCUT2D eigenvalue weighted by Crippen LogP contribution is -2.06. The molecule has 0 amide bonds. The molecule has 1 aliphatic heterocycles. The van der Waals surface area contributed by atoms with Crippen molar-refractivity contribution in [2.75, 3.05) is 12.0 Å². The Hall–Kier alpha value is -0.830. The van der Waals surface area contributed by atoms with Gasteiger partial charge in [-0.3, -0.25) is 0 Å². The third kappa shape index (κ3) is 1.75. The molecule has 1 aliphatic rings. The molecule has 0 aromatic heterocycles. The second-order valence-corrected chi connectivity index (χ2v) is 4.00. The minimum Gasteiger partial charge on any atom is -0.189 e. The first-order chi connectivity index (χ1) is 6.42. The summed E-state index contributed by atoms with van der Waals surface area (Å²) in [4.78, 5) is 0. The van der Waals surface area contributed by atoms with Crippen LogP contribution >= 0.6 is 11.8 Å². The van der Waals surface area contributed by atoms with Gasteiger partial charge in [0.2, 0.25) is 0 Å². The van der Waals surface area contributed by atoms with Crippen molar-refractivity contribution in [2.24, 2.45) is 10.2 Å². The van der Waals surface area contributed by atoms with Gasteiger partial charge >= 0.3 is 0 Å². The summed E-state index contributed by atoms with van der Waals surface area (Å²) >= 11 is 1.82. The third-order valence-corrected chi connectivity index (χ3v) is 2.85. The lowest BCUT2D eigenvalue weighted by Gasteiger charge is -2.17. The first-order valence-electron chi connectivity index (χ1n) is 4.35. The van der Waals surface area contributed by atoms with E-state index in [0.29, 0.717) is 0 Å². The van der Waals surface area contributed by atoms with Gasteiger partial charge in [0.1, 0.15) is 6.04 Å². The fraction of sp³-hybridized carbons (Fsp3) is 0.400. The number of benzene rings is 1. The molecule has 1 unspecified atom stereocenters. The Kier molecular flexibility index (Phi) is 2.64. The Morgan fingerprint density at radius 2 is 2.31 bits per heavy atom. The molecule has 0 radical (unpaired) electrons. The lowest BCUT2D eigenvalue weighted by atomic mass is 10.0. The van der Waals surface area contributed by atoms with Crippen molar-refractivity contribution in [3.05, 3.63) is 35.4 Å². The normalized spacial score (nSPS) is 19.9. The quantitative estimate of drug-likeness (QED) is 0.706. The van der Waals surface area contributed by atoms with Gasteiger partial charge in [-0.1, -0.05) is 24.3 Å². The van der Waals surface area contributed by atoms with Crippen LogP contribution in [-0.4, -0.2) is 12.0 Å². The van der Waals surface area contributed by atoms with Crippen LogP contribution in [-0.2, 0) is 6.54 Å². The van der Waals surface area contributed by atoms with Gasteiger partial charge in [0.15, 0.2) is 0 Å². The average Bonchev–Trinajstić information content (AvgIpc) is 2.19. The van der Waals surface area contributed by atoms with E-state index in [1.807, 2.05) is 11.8 Å². The van der Waals surface area contributed by atoms with Crippen LogP contribution in [0.2, 0.25) is 0 Å². The number of rotatable bonds is 2. The molecule has 2 rings (SSSR count). The summed E-state index contributed by atoms with van der Waals surface area (Å²) in [6, 6.07) is 8.72. The van der Waals surface area contributed by atoms with Crippen LogP contribution in [0, 0.1) is 0 Å². The largest absolute Gasteiger partial charge is 0.189 e. The summed E-state index contributed by atoms with van der Waals surface area (Å²) in [7, 11) is 0. The van der Waals surface area contributed by atoms with Crippen molar-refractivity contribution in [3.8, 4) is 0 Å². The summed E-state index contributed by atoms with van der Waals surface area (Å²) in [6.07, 6.45) is 2.10. The summed E-state index contributed by atoms with van der Waals surface area (Å²) < 4.78 is 0. The molecule has 1 atom stereocenters. The zero-order valence-corrected chi connectivity index (χ0v) is 8.42. The van der Waals surface area contributed by atoms with Crippen LogP contribution in [0.5, 0.6) is 0 Å². The van der Waals surface area contributed by atoms with Crippen molar-refractivity contribution in [2.45, 2.75) is 12.6 Å². The Bertz CT molecular complexity index is 322. The van der Waals surface area contributed by atoms with E-state index in [4.69, 9.17) is 0 Å². The van der Waals surface area contributed by atoms with E-state index in [-0.39, 0.29) is 6.04 Å². The average molecular weight is 192 g/mol. The van der Waals surface area contributed by atoms with E-state index in [1.54, 1.807) is 0 Å². The van der Waals surface area contributed by atoms with Gasteiger partial charge in [0.25, 0.3) is 0 Å². The molecule has 0 N–H and O–H groups in total. The predicted octanol–water partition coefficient (Wildman–Crippen LogP) is 3.06. The molecule has 0 saturated carbocycles. The van der Waals surface area contributed by atoms with Crippen molar-refractivity contribution in [1.29, 1.82) is 0 Å². The highest BCUT2D eigenvalue weighted by molar-refractivity contribution is 7.98. The Balaban J connectivity index is 2.31. The molecule has 0 saturated heterocycles. The van der Waals surface area contributed by atoms with Gasteiger partial charge in [0.05, 0.1) is 6.54 Å². The van der Waals surface area contributed by atoms with Crippen LogP contribution in [0.3, 0.4) is 0 Å². The number of azo groups is 1. The summed E-state index contributed by atoms with van der Waals surface area (Å²) in [5.74, 6) is 1.03. The fourth-order valence-electron chi connectivity index (χ4n) is 1.56. The van der Waals surface area contributed by atoms with E-state index in [1.165, 1.54) is 11.1 Å². The van der Waals surface area contributed by atoms with E-state index in [2.05, 4.69) is 40.7 Å². The molecule has 0 spiro atoms. The first kappa shape index (κ1) is 8.75.